The summed E-state index contributed by atoms with van der Waals surface area (Å²) in [5.41, 5.74) is 5.33. The van der Waals surface area contributed by atoms with Crippen LogP contribution in [0.5, 0.6) is 0 Å². The van der Waals surface area contributed by atoms with Crippen LogP contribution in [-0.4, -0.2) is 4.98 Å². The Balaban J connectivity index is 2.48. The van der Waals surface area contributed by atoms with Gasteiger partial charge in [0.05, 0.1) is 12.7 Å². The van der Waals surface area contributed by atoms with Crippen LogP contribution in [0, 0.1) is 17.5 Å². The lowest BCUT2D eigenvalue weighted by Gasteiger charge is -1.99. The number of oxazole rings is 1. The molecule has 0 saturated carbocycles. The number of rotatable bonds is 2. The average molecular weight is 228 g/mol. The second-order valence-corrected chi connectivity index (χ2v) is 3.08. The van der Waals surface area contributed by atoms with Gasteiger partial charge in [0.15, 0.2) is 23.2 Å². The molecular weight excluding hydrogens is 221 g/mol. The molecule has 0 bridgehead atoms. The number of halogens is 3. The first-order chi connectivity index (χ1) is 7.61. The van der Waals surface area contributed by atoms with Gasteiger partial charge in [-0.15, -0.1) is 0 Å². The summed E-state index contributed by atoms with van der Waals surface area (Å²) in [5.74, 6) is -3.69. The SMILES string of the molecule is NCc1ncc(-c2cc(F)c(F)c(F)c2)o1. The van der Waals surface area contributed by atoms with E-state index in [0.717, 1.165) is 12.1 Å². The van der Waals surface area contributed by atoms with Gasteiger partial charge in [-0.05, 0) is 12.1 Å². The number of aromatic nitrogens is 1. The van der Waals surface area contributed by atoms with Crippen LogP contribution in [0.3, 0.4) is 0 Å². The molecule has 0 atom stereocenters. The van der Waals surface area contributed by atoms with Gasteiger partial charge in [-0.25, -0.2) is 18.2 Å². The Bertz CT molecular complexity index is 502. The smallest absolute Gasteiger partial charge is 0.208 e. The third-order valence-corrected chi connectivity index (χ3v) is 2.00. The average Bonchev–Trinajstić information content (AvgIpc) is 2.73. The first kappa shape index (κ1) is 10.7. The lowest BCUT2D eigenvalue weighted by Crippen LogP contribution is -1.95. The number of nitrogens with two attached hydrogens (primary N) is 1. The van der Waals surface area contributed by atoms with E-state index >= 15 is 0 Å². The highest BCUT2D eigenvalue weighted by molar-refractivity contribution is 5.56. The van der Waals surface area contributed by atoms with Crippen LogP contribution in [-0.2, 0) is 6.54 Å². The predicted molar refractivity (Wildman–Crippen MR) is 49.7 cm³/mol. The van der Waals surface area contributed by atoms with Gasteiger partial charge in [-0.1, -0.05) is 0 Å². The maximum Gasteiger partial charge on any atom is 0.208 e. The van der Waals surface area contributed by atoms with E-state index in [-0.39, 0.29) is 23.8 Å². The Kier molecular flexibility index (Phi) is 2.66. The van der Waals surface area contributed by atoms with Crippen molar-refractivity contribution in [3.8, 4) is 11.3 Å². The molecule has 1 heterocycles. The molecule has 2 aromatic rings. The van der Waals surface area contributed by atoms with E-state index in [1.807, 2.05) is 0 Å². The van der Waals surface area contributed by atoms with Gasteiger partial charge in [0.1, 0.15) is 0 Å². The van der Waals surface area contributed by atoms with Crippen molar-refractivity contribution in [2.24, 2.45) is 5.73 Å². The second-order valence-electron chi connectivity index (χ2n) is 3.08. The third-order valence-electron chi connectivity index (χ3n) is 2.00. The lowest BCUT2D eigenvalue weighted by atomic mass is 10.1. The van der Waals surface area contributed by atoms with E-state index in [9.17, 15) is 13.2 Å². The summed E-state index contributed by atoms with van der Waals surface area (Å²) in [4.78, 5) is 3.76. The fraction of sp³-hybridized carbons (Fsp3) is 0.100. The van der Waals surface area contributed by atoms with Crippen molar-refractivity contribution in [3.05, 3.63) is 41.7 Å². The zero-order valence-corrected chi connectivity index (χ0v) is 8.01. The van der Waals surface area contributed by atoms with Crippen LogP contribution in [0.25, 0.3) is 11.3 Å². The summed E-state index contributed by atoms with van der Waals surface area (Å²) in [6.45, 7) is 0.0756. The van der Waals surface area contributed by atoms with Gasteiger partial charge >= 0.3 is 0 Å². The summed E-state index contributed by atoms with van der Waals surface area (Å²) in [6, 6.07) is 1.67. The minimum atomic E-state index is -1.51. The number of hydrogen-bond donors (Lipinski definition) is 1. The van der Waals surface area contributed by atoms with Gasteiger partial charge < -0.3 is 10.2 Å². The van der Waals surface area contributed by atoms with E-state index in [2.05, 4.69) is 4.98 Å². The molecule has 6 heteroatoms. The van der Waals surface area contributed by atoms with Gasteiger partial charge in [0, 0.05) is 5.56 Å². The molecule has 0 fully saturated rings. The van der Waals surface area contributed by atoms with Crippen molar-refractivity contribution in [2.75, 3.05) is 0 Å². The molecule has 2 N–H and O–H groups in total. The van der Waals surface area contributed by atoms with Gasteiger partial charge in [0.25, 0.3) is 0 Å². The monoisotopic (exact) mass is 228 g/mol. The molecule has 0 amide bonds. The van der Waals surface area contributed by atoms with Crippen molar-refractivity contribution in [2.45, 2.75) is 6.54 Å². The molecular formula is C10H7F3N2O. The van der Waals surface area contributed by atoms with Crippen molar-refractivity contribution in [1.82, 2.24) is 4.98 Å². The van der Waals surface area contributed by atoms with Gasteiger partial charge in [-0.3, -0.25) is 0 Å². The van der Waals surface area contributed by atoms with Crippen LogP contribution < -0.4 is 5.73 Å². The largest absolute Gasteiger partial charge is 0.439 e. The Labute approximate surface area is 88.7 Å². The summed E-state index contributed by atoms with van der Waals surface area (Å²) in [6.07, 6.45) is 1.27. The molecule has 1 aromatic carbocycles. The van der Waals surface area contributed by atoms with E-state index in [4.69, 9.17) is 10.2 Å². The molecule has 0 spiro atoms. The van der Waals surface area contributed by atoms with Crippen molar-refractivity contribution in [1.29, 1.82) is 0 Å². The fourth-order valence-corrected chi connectivity index (χ4v) is 1.24. The van der Waals surface area contributed by atoms with E-state index in [1.54, 1.807) is 0 Å². The maximum atomic E-state index is 12.9. The highest BCUT2D eigenvalue weighted by Crippen LogP contribution is 2.24. The Morgan fingerprint density at radius 3 is 2.31 bits per heavy atom. The second kappa shape index (κ2) is 3.97. The highest BCUT2D eigenvalue weighted by atomic mass is 19.2. The minimum Gasteiger partial charge on any atom is -0.439 e. The van der Waals surface area contributed by atoms with Crippen molar-refractivity contribution in [3.63, 3.8) is 0 Å². The fourth-order valence-electron chi connectivity index (χ4n) is 1.24. The normalized spacial score (nSPS) is 10.8. The molecule has 0 aliphatic heterocycles. The van der Waals surface area contributed by atoms with E-state index < -0.39 is 17.5 Å². The summed E-state index contributed by atoms with van der Waals surface area (Å²) < 4.78 is 43.6. The number of benzene rings is 1. The zero-order valence-electron chi connectivity index (χ0n) is 8.01. The first-order valence-electron chi connectivity index (χ1n) is 4.41. The minimum absolute atomic E-state index is 0.0728. The molecule has 0 saturated heterocycles. The van der Waals surface area contributed by atoms with E-state index in [1.165, 1.54) is 6.20 Å². The molecule has 16 heavy (non-hydrogen) atoms. The van der Waals surface area contributed by atoms with Crippen LogP contribution in [0.15, 0.2) is 22.7 Å². The Morgan fingerprint density at radius 2 is 1.81 bits per heavy atom. The summed E-state index contributed by atoms with van der Waals surface area (Å²) in [7, 11) is 0. The van der Waals surface area contributed by atoms with Crippen molar-refractivity contribution < 1.29 is 17.6 Å². The Hall–Kier alpha value is -1.82. The van der Waals surface area contributed by atoms with Gasteiger partial charge in [0.2, 0.25) is 5.89 Å². The topological polar surface area (TPSA) is 52.0 Å². The quantitative estimate of drug-likeness (QED) is 0.802. The molecule has 0 radical (unpaired) electrons. The van der Waals surface area contributed by atoms with Gasteiger partial charge in [-0.2, -0.15) is 0 Å². The maximum absolute atomic E-state index is 12.9. The van der Waals surface area contributed by atoms with Crippen molar-refractivity contribution >= 4 is 0 Å². The van der Waals surface area contributed by atoms with Crippen LogP contribution in [0.2, 0.25) is 0 Å². The van der Waals surface area contributed by atoms with Crippen LogP contribution in [0.1, 0.15) is 5.89 Å². The number of nitrogens with zero attached hydrogens (tertiary/aromatic N) is 1. The first-order valence-corrected chi connectivity index (χ1v) is 4.41. The molecule has 2 rings (SSSR count). The summed E-state index contributed by atoms with van der Waals surface area (Å²) >= 11 is 0. The Morgan fingerprint density at radius 1 is 1.19 bits per heavy atom. The molecule has 1 aromatic heterocycles. The summed E-state index contributed by atoms with van der Waals surface area (Å²) in [5, 5.41) is 0. The molecule has 84 valence electrons. The third kappa shape index (κ3) is 1.79. The molecule has 0 unspecified atom stereocenters. The molecule has 3 nitrogen and oxygen atoms in total. The van der Waals surface area contributed by atoms with Crippen LogP contribution >= 0.6 is 0 Å². The zero-order chi connectivity index (χ0) is 11.7. The molecule has 0 aliphatic carbocycles. The van der Waals surface area contributed by atoms with E-state index in [0.29, 0.717) is 0 Å². The number of hydrogen-bond acceptors (Lipinski definition) is 3. The highest BCUT2D eigenvalue weighted by Gasteiger charge is 2.13. The predicted octanol–water partition coefficient (Wildman–Crippen LogP) is 2.22. The molecule has 0 aliphatic rings. The standard InChI is InChI=1S/C10H7F3N2O/c11-6-1-5(2-7(12)10(6)13)8-4-15-9(3-14)16-8/h1-2,4H,3,14H2. The van der Waals surface area contributed by atoms with Crippen LogP contribution in [0.4, 0.5) is 13.2 Å². The lowest BCUT2D eigenvalue weighted by molar-refractivity contribution is 0.446.